The van der Waals surface area contributed by atoms with Gasteiger partial charge in [0.2, 0.25) is 0 Å². The van der Waals surface area contributed by atoms with E-state index in [1.165, 1.54) is 37.3 Å². The fourth-order valence-corrected chi connectivity index (χ4v) is 3.53. The van der Waals surface area contributed by atoms with Gasteiger partial charge in [0.05, 0.1) is 0 Å². The van der Waals surface area contributed by atoms with E-state index in [2.05, 4.69) is 34.5 Å². The van der Waals surface area contributed by atoms with Gasteiger partial charge in [-0.05, 0) is 56.6 Å². The second-order valence-electron chi connectivity index (χ2n) is 6.76. The van der Waals surface area contributed by atoms with Crippen molar-refractivity contribution in [3.8, 4) is 0 Å². The van der Waals surface area contributed by atoms with Crippen molar-refractivity contribution in [1.29, 1.82) is 0 Å². The van der Waals surface area contributed by atoms with Crippen LogP contribution < -0.4 is 0 Å². The van der Waals surface area contributed by atoms with Gasteiger partial charge in [0, 0.05) is 49.8 Å². The molecule has 1 aliphatic rings. The predicted octanol–water partition coefficient (Wildman–Crippen LogP) is 3.37. The van der Waals surface area contributed by atoms with Gasteiger partial charge in [-0.2, -0.15) is 0 Å². The predicted molar refractivity (Wildman–Crippen MR) is 94.4 cm³/mol. The first-order chi connectivity index (χ1) is 11.2. The minimum atomic E-state index is -0.132. The van der Waals surface area contributed by atoms with E-state index < -0.39 is 0 Å². The number of likely N-dealkylation sites (N-methyl/N-ethyl adjacent to an activating group) is 1. The summed E-state index contributed by atoms with van der Waals surface area (Å²) in [4.78, 5) is 4.93. The molecule has 3 rings (SSSR count). The number of fused-ring (bicyclic) bond motifs is 1. The lowest BCUT2D eigenvalue weighted by atomic mass is 10.1. The van der Waals surface area contributed by atoms with E-state index in [0.717, 1.165) is 37.7 Å². The Morgan fingerprint density at radius 2 is 1.87 bits per heavy atom. The lowest BCUT2D eigenvalue weighted by Crippen LogP contribution is -2.44. The Hall–Kier alpha value is -1.39. The number of hydrogen-bond donors (Lipinski definition) is 0. The van der Waals surface area contributed by atoms with Crippen molar-refractivity contribution in [3.63, 3.8) is 0 Å². The highest BCUT2D eigenvalue weighted by molar-refractivity contribution is 5.84. The summed E-state index contributed by atoms with van der Waals surface area (Å²) in [6.07, 6.45) is 5.51. The van der Waals surface area contributed by atoms with Crippen LogP contribution in [0.3, 0.4) is 0 Å². The van der Waals surface area contributed by atoms with Crippen molar-refractivity contribution < 1.29 is 4.39 Å². The largest absolute Gasteiger partial charge is 0.347 e. The molecule has 0 amide bonds. The zero-order valence-electron chi connectivity index (χ0n) is 14.4. The lowest BCUT2D eigenvalue weighted by molar-refractivity contribution is 0.153. The van der Waals surface area contributed by atoms with Gasteiger partial charge in [-0.15, -0.1) is 0 Å². The molecule has 2 heterocycles. The zero-order chi connectivity index (χ0) is 16.2. The van der Waals surface area contributed by atoms with Crippen LogP contribution in [0.1, 0.15) is 25.3 Å². The average molecular weight is 317 g/mol. The molecule has 0 atom stereocenters. The minimum absolute atomic E-state index is 0.132. The van der Waals surface area contributed by atoms with Crippen molar-refractivity contribution in [2.45, 2.75) is 32.7 Å². The Bertz CT molecular complexity index is 641. The molecule has 0 bridgehead atoms. The molecule has 3 nitrogen and oxygen atoms in total. The second-order valence-corrected chi connectivity index (χ2v) is 6.76. The molecule has 0 spiro atoms. The summed E-state index contributed by atoms with van der Waals surface area (Å²) in [6.45, 7) is 9.00. The maximum atomic E-state index is 13.6. The summed E-state index contributed by atoms with van der Waals surface area (Å²) >= 11 is 0. The molecule has 0 unspecified atom stereocenters. The fourth-order valence-electron chi connectivity index (χ4n) is 3.53. The third kappa shape index (κ3) is 3.93. The topological polar surface area (TPSA) is 11.4 Å². The van der Waals surface area contributed by atoms with E-state index in [1.54, 1.807) is 12.1 Å². The summed E-state index contributed by atoms with van der Waals surface area (Å²) in [7, 11) is 2.19. The van der Waals surface area contributed by atoms with E-state index in [0.29, 0.717) is 0 Å². The Morgan fingerprint density at radius 3 is 2.61 bits per heavy atom. The van der Waals surface area contributed by atoms with Gasteiger partial charge >= 0.3 is 0 Å². The Kier molecular flexibility index (Phi) is 5.34. The number of aryl methyl sites for hydroxylation is 2. The van der Waals surface area contributed by atoms with Crippen LogP contribution in [-0.4, -0.2) is 54.1 Å². The molecule has 0 N–H and O–H groups in total. The van der Waals surface area contributed by atoms with Crippen LogP contribution in [0.2, 0.25) is 0 Å². The van der Waals surface area contributed by atoms with Crippen molar-refractivity contribution in [1.82, 2.24) is 14.4 Å². The molecule has 1 aromatic heterocycles. The zero-order valence-corrected chi connectivity index (χ0v) is 14.4. The van der Waals surface area contributed by atoms with Crippen LogP contribution in [0.4, 0.5) is 4.39 Å². The number of hydrogen-bond acceptors (Lipinski definition) is 2. The highest BCUT2D eigenvalue weighted by Gasteiger charge is 2.14. The molecule has 1 fully saturated rings. The molecule has 0 saturated carbocycles. The normalized spacial score (nSPS) is 17.2. The molecular weight excluding hydrogens is 289 g/mol. The fraction of sp³-hybridized carbons (Fsp3) is 0.579. The summed E-state index contributed by atoms with van der Waals surface area (Å²) in [5.74, 6) is -0.132. The van der Waals surface area contributed by atoms with Gasteiger partial charge < -0.3 is 14.4 Å². The smallest absolute Gasteiger partial charge is 0.123 e. The molecule has 0 aliphatic carbocycles. The number of aromatic nitrogens is 1. The first kappa shape index (κ1) is 16.5. The van der Waals surface area contributed by atoms with Crippen LogP contribution in [0.25, 0.3) is 10.9 Å². The van der Waals surface area contributed by atoms with E-state index in [4.69, 9.17) is 0 Å². The van der Waals surface area contributed by atoms with Crippen molar-refractivity contribution >= 4 is 10.9 Å². The molecule has 1 saturated heterocycles. The molecule has 23 heavy (non-hydrogen) atoms. The van der Waals surface area contributed by atoms with Crippen LogP contribution in [0, 0.1) is 5.82 Å². The van der Waals surface area contributed by atoms with Crippen LogP contribution in [-0.2, 0) is 13.0 Å². The minimum Gasteiger partial charge on any atom is -0.347 e. The van der Waals surface area contributed by atoms with Gasteiger partial charge in [0.25, 0.3) is 0 Å². The summed E-state index contributed by atoms with van der Waals surface area (Å²) in [5.41, 5.74) is 2.46. The Labute approximate surface area is 138 Å². The van der Waals surface area contributed by atoms with Gasteiger partial charge in [0.1, 0.15) is 5.82 Å². The van der Waals surface area contributed by atoms with E-state index in [-0.39, 0.29) is 5.82 Å². The molecule has 1 aliphatic heterocycles. The number of rotatable bonds is 6. The summed E-state index contributed by atoms with van der Waals surface area (Å²) in [5, 5.41) is 1.09. The van der Waals surface area contributed by atoms with E-state index in [9.17, 15) is 4.39 Å². The maximum Gasteiger partial charge on any atom is 0.123 e. The third-order valence-corrected chi connectivity index (χ3v) is 4.91. The molecule has 4 heteroatoms. The maximum absolute atomic E-state index is 13.6. The van der Waals surface area contributed by atoms with Gasteiger partial charge in [-0.25, -0.2) is 4.39 Å². The number of nitrogens with zero attached hydrogens (tertiary/aromatic N) is 3. The summed E-state index contributed by atoms with van der Waals surface area (Å²) < 4.78 is 15.9. The van der Waals surface area contributed by atoms with E-state index >= 15 is 0 Å². The second kappa shape index (κ2) is 7.45. The quantitative estimate of drug-likeness (QED) is 0.809. The first-order valence-electron chi connectivity index (χ1n) is 8.85. The highest BCUT2D eigenvalue weighted by Crippen LogP contribution is 2.24. The monoisotopic (exact) mass is 317 g/mol. The molecular formula is C19H28FN3. The lowest BCUT2D eigenvalue weighted by Gasteiger charge is -2.32. The van der Waals surface area contributed by atoms with Crippen LogP contribution >= 0.6 is 0 Å². The van der Waals surface area contributed by atoms with Crippen molar-refractivity contribution in [2.24, 2.45) is 0 Å². The standard InChI is InChI=1S/C19H28FN3/c1-3-8-23-15-16(18-14-17(20)6-7-19(18)23)5-4-9-22-12-10-21(2)11-13-22/h6-7,14-15H,3-5,8-13H2,1-2H3. The first-order valence-corrected chi connectivity index (χ1v) is 8.85. The SMILES string of the molecule is CCCn1cc(CCCN2CCN(C)CC2)c2cc(F)ccc21. The van der Waals surface area contributed by atoms with Gasteiger partial charge in [0.15, 0.2) is 0 Å². The number of benzene rings is 1. The van der Waals surface area contributed by atoms with Gasteiger partial charge in [-0.3, -0.25) is 0 Å². The third-order valence-electron chi connectivity index (χ3n) is 4.91. The average Bonchev–Trinajstić information content (AvgIpc) is 2.87. The molecule has 2 aromatic rings. The van der Waals surface area contributed by atoms with Crippen LogP contribution in [0.5, 0.6) is 0 Å². The van der Waals surface area contributed by atoms with Crippen molar-refractivity contribution in [2.75, 3.05) is 39.8 Å². The molecule has 1 aromatic carbocycles. The van der Waals surface area contributed by atoms with E-state index in [1.807, 2.05) is 6.07 Å². The highest BCUT2D eigenvalue weighted by atomic mass is 19.1. The summed E-state index contributed by atoms with van der Waals surface area (Å²) in [6, 6.07) is 5.19. The van der Waals surface area contributed by atoms with Crippen molar-refractivity contribution in [3.05, 3.63) is 35.8 Å². The van der Waals surface area contributed by atoms with Gasteiger partial charge in [-0.1, -0.05) is 6.92 Å². The molecule has 0 radical (unpaired) electrons. The van der Waals surface area contributed by atoms with Crippen LogP contribution in [0.15, 0.2) is 24.4 Å². The molecule has 126 valence electrons. The Balaban J connectivity index is 1.66. The number of halogens is 1. The number of piperazine rings is 1. The Morgan fingerprint density at radius 1 is 1.09 bits per heavy atom.